The Kier molecular flexibility index (Phi) is 5.67. The van der Waals surface area contributed by atoms with Crippen LogP contribution in [0.25, 0.3) is 0 Å². The molecule has 1 amide bonds. The number of carbonyl (C=O) groups is 1. The summed E-state index contributed by atoms with van der Waals surface area (Å²) >= 11 is 6.24. The number of nitrogens with two attached hydrogens (primary N) is 1. The number of halogens is 1. The second-order valence-electron chi connectivity index (χ2n) is 5.21. The normalized spacial score (nSPS) is 12.7. The molecule has 0 fully saturated rings. The Bertz CT molecular complexity index is 415. The van der Waals surface area contributed by atoms with Crippen LogP contribution in [0.15, 0.2) is 18.2 Å². The summed E-state index contributed by atoms with van der Waals surface area (Å²) in [4.78, 5) is 10.9. The lowest BCUT2D eigenvalue weighted by atomic mass is 9.97. The molecule has 1 unspecified atom stereocenters. The Balaban J connectivity index is 2.54. The summed E-state index contributed by atoms with van der Waals surface area (Å²) in [7, 11) is 0. The Morgan fingerprint density at radius 1 is 1.33 bits per heavy atom. The SMILES string of the molecule is CC(CCCc1ccc(C(C)C)c(Cl)c1)C(N)=O. The molecule has 2 N–H and O–H groups in total. The molecular formula is C15H22ClNO. The highest BCUT2D eigenvalue weighted by Gasteiger charge is 2.09. The molecule has 1 atom stereocenters. The molecule has 0 saturated carbocycles. The molecule has 0 aliphatic rings. The lowest BCUT2D eigenvalue weighted by molar-refractivity contribution is -0.121. The highest BCUT2D eigenvalue weighted by molar-refractivity contribution is 6.31. The topological polar surface area (TPSA) is 43.1 Å². The van der Waals surface area contributed by atoms with Gasteiger partial charge < -0.3 is 5.73 Å². The molecule has 1 aromatic rings. The van der Waals surface area contributed by atoms with Gasteiger partial charge in [0.25, 0.3) is 0 Å². The molecule has 0 aliphatic carbocycles. The first-order valence-corrected chi connectivity index (χ1v) is 6.87. The van der Waals surface area contributed by atoms with Crippen LogP contribution in [0.5, 0.6) is 0 Å². The van der Waals surface area contributed by atoms with E-state index in [9.17, 15) is 4.79 Å². The molecule has 1 rings (SSSR count). The van der Waals surface area contributed by atoms with Crippen LogP contribution in [0.1, 0.15) is 50.7 Å². The van der Waals surface area contributed by atoms with Gasteiger partial charge in [-0.1, -0.05) is 44.5 Å². The van der Waals surface area contributed by atoms with Crippen molar-refractivity contribution in [1.82, 2.24) is 0 Å². The third-order valence-electron chi connectivity index (χ3n) is 3.28. The Morgan fingerprint density at radius 3 is 2.50 bits per heavy atom. The molecule has 1 aromatic carbocycles. The number of hydrogen-bond acceptors (Lipinski definition) is 1. The van der Waals surface area contributed by atoms with E-state index in [2.05, 4.69) is 26.0 Å². The fraction of sp³-hybridized carbons (Fsp3) is 0.533. The quantitative estimate of drug-likeness (QED) is 0.834. The predicted octanol–water partition coefficient (Wildman–Crippen LogP) is 3.91. The number of benzene rings is 1. The van der Waals surface area contributed by atoms with E-state index in [1.165, 1.54) is 11.1 Å². The summed E-state index contributed by atoms with van der Waals surface area (Å²) in [6.45, 7) is 6.14. The van der Waals surface area contributed by atoms with E-state index in [1.807, 2.05) is 13.0 Å². The second-order valence-corrected chi connectivity index (χ2v) is 5.61. The molecule has 0 spiro atoms. The molecule has 0 bridgehead atoms. The molecule has 0 aliphatic heterocycles. The number of carbonyl (C=O) groups excluding carboxylic acids is 1. The molecule has 0 saturated heterocycles. The van der Waals surface area contributed by atoms with Crippen molar-refractivity contribution < 1.29 is 4.79 Å². The average Bonchev–Trinajstić information content (AvgIpc) is 2.28. The summed E-state index contributed by atoms with van der Waals surface area (Å²) in [6, 6.07) is 6.25. The first-order valence-electron chi connectivity index (χ1n) is 6.49. The van der Waals surface area contributed by atoms with Gasteiger partial charge in [-0.2, -0.15) is 0 Å². The second kappa shape index (κ2) is 6.79. The van der Waals surface area contributed by atoms with E-state index in [0.29, 0.717) is 5.92 Å². The number of aryl methyl sites for hydroxylation is 1. The molecule has 0 aromatic heterocycles. The van der Waals surface area contributed by atoms with Crippen molar-refractivity contribution in [2.45, 2.75) is 46.0 Å². The van der Waals surface area contributed by atoms with Crippen molar-refractivity contribution in [3.63, 3.8) is 0 Å². The minimum Gasteiger partial charge on any atom is -0.369 e. The van der Waals surface area contributed by atoms with E-state index < -0.39 is 0 Å². The fourth-order valence-electron chi connectivity index (χ4n) is 1.95. The summed E-state index contributed by atoms with van der Waals surface area (Å²) in [5, 5.41) is 0.838. The molecule has 2 nitrogen and oxygen atoms in total. The Labute approximate surface area is 115 Å². The highest BCUT2D eigenvalue weighted by Crippen LogP contribution is 2.25. The lowest BCUT2D eigenvalue weighted by Gasteiger charge is -2.11. The third kappa shape index (κ3) is 4.34. The fourth-order valence-corrected chi connectivity index (χ4v) is 2.37. The molecule has 100 valence electrons. The zero-order chi connectivity index (χ0) is 13.7. The first kappa shape index (κ1) is 15.0. The van der Waals surface area contributed by atoms with E-state index >= 15 is 0 Å². The smallest absolute Gasteiger partial charge is 0.220 e. The molecular weight excluding hydrogens is 246 g/mol. The molecule has 3 heteroatoms. The maximum atomic E-state index is 10.9. The van der Waals surface area contributed by atoms with Gasteiger partial charge in [-0.25, -0.2) is 0 Å². The van der Waals surface area contributed by atoms with Crippen molar-refractivity contribution in [3.05, 3.63) is 34.3 Å². The number of primary amides is 1. The van der Waals surface area contributed by atoms with Crippen LogP contribution in [-0.2, 0) is 11.2 Å². The van der Waals surface area contributed by atoms with Crippen molar-refractivity contribution in [3.8, 4) is 0 Å². The van der Waals surface area contributed by atoms with Crippen LogP contribution in [0.3, 0.4) is 0 Å². The largest absolute Gasteiger partial charge is 0.369 e. The van der Waals surface area contributed by atoms with Crippen molar-refractivity contribution in [1.29, 1.82) is 0 Å². The molecule has 0 heterocycles. The number of amides is 1. The third-order valence-corrected chi connectivity index (χ3v) is 3.60. The van der Waals surface area contributed by atoms with Gasteiger partial charge in [0.15, 0.2) is 0 Å². The monoisotopic (exact) mass is 267 g/mol. The van der Waals surface area contributed by atoms with E-state index in [4.69, 9.17) is 17.3 Å². The van der Waals surface area contributed by atoms with Gasteiger partial charge in [0.05, 0.1) is 0 Å². The van der Waals surface area contributed by atoms with E-state index in [0.717, 1.165) is 24.3 Å². The maximum absolute atomic E-state index is 10.9. The summed E-state index contributed by atoms with van der Waals surface area (Å²) < 4.78 is 0. The summed E-state index contributed by atoms with van der Waals surface area (Å²) in [5.74, 6) is 0.181. The first-order chi connectivity index (χ1) is 8.41. The van der Waals surface area contributed by atoms with Crippen LogP contribution >= 0.6 is 11.6 Å². The van der Waals surface area contributed by atoms with Gasteiger partial charge in [0, 0.05) is 10.9 Å². The van der Waals surface area contributed by atoms with Gasteiger partial charge in [0.2, 0.25) is 5.91 Å². The lowest BCUT2D eigenvalue weighted by Crippen LogP contribution is -2.20. The van der Waals surface area contributed by atoms with Crippen LogP contribution in [0, 0.1) is 5.92 Å². The van der Waals surface area contributed by atoms with Crippen molar-refractivity contribution in [2.24, 2.45) is 11.7 Å². The zero-order valence-electron chi connectivity index (χ0n) is 11.4. The van der Waals surface area contributed by atoms with Gasteiger partial charge >= 0.3 is 0 Å². The van der Waals surface area contributed by atoms with Gasteiger partial charge in [-0.3, -0.25) is 4.79 Å². The van der Waals surface area contributed by atoms with Gasteiger partial charge in [0.1, 0.15) is 0 Å². The summed E-state index contributed by atoms with van der Waals surface area (Å²) in [5.41, 5.74) is 7.64. The maximum Gasteiger partial charge on any atom is 0.220 e. The van der Waals surface area contributed by atoms with Crippen molar-refractivity contribution >= 4 is 17.5 Å². The number of rotatable bonds is 6. The van der Waals surface area contributed by atoms with Crippen LogP contribution in [0.2, 0.25) is 5.02 Å². The molecule has 0 radical (unpaired) electrons. The van der Waals surface area contributed by atoms with Gasteiger partial charge in [-0.05, 0) is 42.4 Å². The molecule has 18 heavy (non-hydrogen) atoms. The van der Waals surface area contributed by atoms with Crippen LogP contribution in [0.4, 0.5) is 0 Å². The highest BCUT2D eigenvalue weighted by atomic mass is 35.5. The predicted molar refractivity (Wildman–Crippen MR) is 76.8 cm³/mol. The standard InChI is InChI=1S/C15H22ClNO/c1-10(2)13-8-7-12(9-14(13)16)6-4-5-11(3)15(17)18/h7-11H,4-6H2,1-3H3,(H2,17,18). The minimum atomic E-state index is -0.219. The zero-order valence-corrected chi connectivity index (χ0v) is 12.1. The van der Waals surface area contributed by atoms with Crippen molar-refractivity contribution in [2.75, 3.05) is 0 Å². The van der Waals surface area contributed by atoms with Crippen LogP contribution < -0.4 is 5.73 Å². The Morgan fingerprint density at radius 2 is 2.00 bits per heavy atom. The average molecular weight is 268 g/mol. The summed E-state index contributed by atoms with van der Waals surface area (Å²) in [6.07, 6.45) is 2.73. The van der Waals surface area contributed by atoms with Crippen LogP contribution in [-0.4, -0.2) is 5.91 Å². The Hall–Kier alpha value is -1.02. The van der Waals surface area contributed by atoms with E-state index in [-0.39, 0.29) is 11.8 Å². The number of hydrogen-bond donors (Lipinski definition) is 1. The van der Waals surface area contributed by atoms with E-state index in [1.54, 1.807) is 0 Å². The minimum absolute atomic E-state index is 0.0459. The van der Waals surface area contributed by atoms with Gasteiger partial charge in [-0.15, -0.1) is 0 Å².